The fourth-order valence-electron chi connectivity index (χ4n) is 2.34. The predicted octanol–water partition coefficient (Wildman–Crippen LogP) is 2.49. The molecule has 5 nitrogen and oxygen atoms in total. The van der Waals surface area contributed by atoms with Crippen LogP contribution in [0.4, 0.5) is 4.79 Å². The Balaban J connectivity index is 3.10. The van der Waals surface area contributed by atoms with E-state index in [9.17, 15) is 9.59 Å². The van der Waals surface area contributed by atoms with Crippen LogP contribution in [-0.4, -0.2) is 46.5 Å². The molecule has 0 aromatic rings. The average molecular weight is 303 g/mol. The van der Waals surface area contributed by atoms with Gasteiger partial charge in [-0.1, -0.05) is 6.92 Å². The van der Waals surface area contributed by atoms with Gasteiger partial charge >= 0.3 is 6.09 Å². The van der Waals surface area contributed by atoms with Crippen molar-refractivity contribution in [3.63, 3.8) is 0 Å². The molecule has 1 fully saturated rings. The van der Waals surface area contributed by atoms with Crippen molar-refractivity contribution in [2.45, 2.75) is 64.2 Å². The number of carbonyl (C=O) groups is 2. The quantitative estimate of drug-likeness (QED) is 0.629. The van der Waals surface area contributed by atoms with Gasteiger partial charge in [-0.2, -0.15) is 12.6 Å². The number of ether oxygens (including phenoxy) is 2. The first kappa shape index (κ1) is 17.3. The number of rotatable bonds is 2. The maximum atomic E-state index is 12.5. The molecule has 1 saturated heterocycles. The lowest BCUT2D eigenvalue weighted by Gasteiger charge is -2.50. The van der Waals surface area contributed by atoms with Crippen molar-refractivity contribution < 1.29 is 19.1 Å². The van der Waals surface area contributed by atoms with Gasteiger partial charge in [0.1, 0.15) is 17.6 Å². The van der Waals surface area contributed by atoms with Crippen molar-refractivity contribution in [1.29, 1.82) is 0 Å². The molecule has 1 amide bonds. The van der Waals surface area contributed by atoms with E-state index in [1.54, 1.807) is 34.6 Å². The van der Waals surface area contributed by atoms with Crippen molar-refractivity contribution in [2.75, 3.05) is 6.61 Å². The maximum Gasteiger partial charge on any atom is 0.412 e. The van der Waals surface area contributed by atoms with E-state index in [1.807, 2.05) is 6.92 Å². The first-order chi connectivity index (χ1) is 8.99. The van der Waals surface area contributed by atoms with Crippen LogP contribution in [0.3, 0.4) is 0 Å². The summed E-state index contributed by atoms with van der Waals surface area (Å²) < 4.78 is 11.2. The molecule has 116 valence electrons. The van der Waals surface area contributed by atoms with Gasteiger partial charge in [0.05, 0.1) is 17.9 Å². The van der Waals surface area contributed by atoms with Crippen molar-refractivity contribution in [3.8, 4) is 0 Å². The van der Waals surface area contributed by atoms with Gasteiger partial charge in [-0.3, -0.25) is 4.90 Å². The summed E-state index contributed by atoms with van der Waals surface area (Å²) in [4.78, 5) is 25.1. The summed E-state index contributed by atoms with van der Waals surface area (Å²) in [7, 11) is 0. The molecule has 1 aliphatic rings. The van der Waals surface area contributed by atoms with Crippen molar-refractivity contribution in [2.24, 2.45) is 5.92 Å². The Morgan fingerprint density at radius 1 is 1.50 bits per heavy atom. The highest BCUT2D eigenvalue weighted by Crippen LogP contribution is 2.34. The van der Waals surface area contributed by atoms with Gasteiger partial charge in [-0.25, -0.2) is 4.79 Å². The van der Waals surface area contributed by atoms with E-state index in [2.05, 4.69) is 12.6 Å². The standard InChI is InChI=1S/C14H25NO4S/c1-9-8-18-14(5,6)15(11(9)10(20)7-16)12(17)19-13(2,3)4/h7,9-11,20H,8H2,1-6H3. The van der Waals surface area contributed by atoms with Crippen molar-refractivity contribution in [3.05, 3.63) is 0 Å². The normalized spacial score (nSPS) is 27.9. The van der Waals surface area contributed by atoms with E-state index < -0.39 is 22.7 Å². The largest absolute Gasteiger partial charge is 0.444 e. The van der Waals surface area contributed by atoms with E-state index in [1.165, 1.54) is 4.90 Å². The summed E-state index contributed by atoms with van der Waals surface area (Å²) >= 11 is 4.30. The summed E-state index contributed by atoms with van der Waals surface area (Å²) in [6, 6.07) is -0.352. The summed E-state index contributed by atoms with van der Waals surface area (Å²) in [6.07, 6.45) is 0.267. The molecular formula is C14H25NO4S. The summed E-state index contributed by atoms with van der Waals surface area (Å²) in [5.41, 5.74) is -1.44. The molecule has 0 spiro atoms. The van der Waals surface area contributed by atoms with Crippen LogP contribution in [-0.2, 0) is 14.3 Å². The average Bonchev–Trinajstić information content (AvgIpc) is 2.28. The van der Waals surface area contributed by atoms with Gasteiger partial charge in [0.2, 0.25) is 0 Å². The molecule has 0 bridgehead atoms. The minimum absolute atomic E-state index is 0.00300. The molecule has 0 aromatic heterocycles. The van der Waals surface area contributed by atoms with Gasteiger partial charge in [0.25, 0.3) is 0 Å². The fourth-order valence-corrected chi connectivity index (χ4v) is 2.77. The minimum atomic E-state index is -0.830. The Kier molecular flexibility index (Phi) is 5.13. The summed E-state index contributed by atoms with van der Waals surface area (Å²) in [5, 5.41) is -0.569. The minimum Gasteiger partial charge on any atom is -0.444 e. The number of aldehydes is 1. The Morgan fingerprint density at radius 2 is 2.05 bits per heavy atom. The summed E-state index contributed by atoms with van der Waals surface area (Å²) in [6.45, 7) is 11.4. The highest BCUT2D eigenvalue weighted by Gasteiger charge is 2.48. The number of amides is 1. The first-order valence-corrected chi connectivity index (χ1v) is 7.31. The van der Waals surface area contributed by atoms with Crippen LogP contribution in [0.15, 0.2) is 0 Å². The molecule has 1 heterocycles. The molecule has 1 rings (SSSR count). The molecule has 3 unspecified atom stereocenters. The lowest BCUT2D eigenvalue weighted by atomic mass is 9.93. The Hall–Kier alpha value is -0.750. The molecule has 3 atom stereocenters. The second-order valence-electron chi connectivity index (χ2n) is 6.70. The topological polar surface area (TPSA) is 55.8 Å². The van der Waals surface area contributed by atoms with E-state index in [-0.39, 0.29) is 12.0 Å². The third-order valence-corrected chi connectivity index (χ3v) is 3.67. The van der Waals surface area contributed by atoms with E-state index >= 15 is 0 Å². The van der Waals surface area contributed by atoms with Crippen LogP contribution in [0.5, 0.6) is 0 Å². The van der Waals surface area contributed by atoms with Crippen LogP contribution in [0.25, 0.3) is 0 Å². The third-order valence-electron chi connectivity index (χ3n) is 3.24. The molecule has 6 heteroatoms. The molecule has 0 aromatic carbocycles. The number of hydrogen-bond donors (Lipinski definition) is 1. The number of hydrogen-bond acceptors (Lipinski definition) is 5. The van der Waals surface area contributed by atoms with Crippen molar-refractivity contribution in [1.82, 2.24) is 4.90 Å². The van der Waals surface area contributed by atoms with Gasteiger partial charge in [-0.05, 0) is 34.6 Å². The molecular weight excluding hydrogens is 278 g/mol. The second kappa shape index (κ2) is 5.93. The zero-order valence-corrected chi connectivity index (χ0v) is 13.9. The van der Waals surface area contributed by atoms with E-state index in [0.717, 1.165) is 6.29 Å². The Labute approximate surface area is 126 Å². The number of nitrogens with zero attached hydrogens (tertiary/aromatic N) is 1. The molecule has 20 heavy (non-hydrogen) atoms. The fraction of sp³-hybridized carbons (Fsp3) is 0.857. The summed E-state index contributed by atoms with van der Waals surface area (Å²) in [5.74, 6) is 0.00300. The Bertz CT molecular complexity index is 378. The zero-order valence-electron chi connectivity index (χ0n) is 13.0. The highest BCUT2D eigenvalue weighted by atomic mass is 32.1. The second-order valence-corrected chi connectivity index (χ2v) is 7.30. The monoisotopic (exact) mass is 303 g/mol. The smallest absolute Gasteiger partial charge is 0.412 e. The lowest BCUT2D eigenvalue weighted by Crippen LogP contribution is -2.64. The number of carbonyl (C=O) groups excluding carboxylic acids is 2. The van der Waals surface area contributed by atoms with E-state index in [0.29, 0.717) is 6.61 Å². The van der Waals surface area contributed by atoms with Crippen LogP contribution in [0.1, 0.15) is 41.5 Å². The lowest BCUT2D eigenvalue weighted by molar-refractivity contribution is -0.192. The van der Waals surface area contributed by atoms with Crippen LogP contribution < -0.4 is 0 Å². The zero-order chi connectivity index (χ0) is 15.7. The van der Waals surface area contributed by atoms with Gasteiger partial charge < -0.3 is 14.3 Å². The highest BCUT2D eigenvalue weighted by molar-refractivity contribution is 7.81. The van der Waals surface area contributed by atoms with Gasteiger partial charge in [0, 0.05) is 5.92 Å². The SMILES string of the molecule is CC1COC(C)(C)N(C(=O)OC(C)(C)C)C1C(S)C=O. The predicted molar refractivity (Wildman–Crippen MR) is 79.9 cm³/mol. The van der Waals surface area contributed by atoms with Crippen LogP contribution in [0, 0.1) is 5.92 Å². The molecule has 0 saturated carbocycles. The van der Waals surface area contributed by atoms with Gasteiger partial charge in [0.15, 0.2) is 0 Å². The maximum absolute atomic E-state index is 12.5. The van der Waals surface area contributed by atoms with E-state index in [4.69, 9.17) is 9.47 Å². The molecule has 1 aliphatic heterocycles. The first-order valence-electron chi connectivity index (χ1n) is 6.79. The van der Waals surface area contributed by atoms with Gasteiger partial charge in [-0.15, -0.1) is 0 Å². The van der Waals surface area contributed by atoms with Crippen LogP contribution >= 0.6 is 12.6 Å². The van der Waals surface area contributed by atoms with Crippen molar-refractivity contribution >= 4 is 25.0 Å². The number of thiol groups is 1. The Morgan fingerprint density at radius 3 is 2.50 bits per heavy atom. The molecule has 0 aliphatic carbocycles. The third kappa shape index (κ3) is 3.88. The molecule has 0 radical (unpaired) electrons. The molecule has 0 N–H and O–H groups in total. The van der Waals surface area contributed by atoms with Crippen LogP contribution in [0.2, 0.25) is 0 Å².